The molecule has 0 bridgehead atoms. The van der Waals surface area contributed by atoms with E-state index in [9.17, 15) is 53.7 Å². The molecule has 16 N–H and O–H groups in total. The number of halogens is 3. The van der Waals surface area contributed by atoms with Gasteiger partial charge in [0.25, 0.3) is 0 Å². The Kier molecular flexibility index (Phi) is 64.5. The summed E-state index contributed by atoms with van der Waals surface area (Å²) in [5.74, 6) is -4.38. The monoisotopic (exact) mass is 1140 g/mol. The third kappa shape index (κ3) is 48.1. The second-order valence-electron chi connectivity index (χ2n) is 13.7. The molecular weight excluding hydrogens is 1060 g/mol. The van der Waals surface area contributed by atoms with Crippen molar-refractivity contribution in [3.05, 3.63) is 95.6 Å². The number of nitrogens with zero attached hydrogens (tertiary/aromatic N) is 1. The van der Waals surface area contributed by atoms with Gasteiger partial charge >= 0.3 is 43.0 Å². The van der Waals surface area contributed by atoms with Crippen LogP contribution < -0.4 is 43.3 Å². The minimum Gasteiger partial charge on any atom is -0.507 e. The number of allylic oxidation sites excluding steroid dienone is 2. The fourth-order valence-electron chi connectivity index (χ4n) is 4.58. The maximum absolute atomic E-state index is 11.7. The van der Waals surface area contributed by atoms with Crippen LogP contribution in [0.1, 0.15) is 95.7 Å². The summed E-state index contributed by atoms with van der Waals surface area (Å²) in [5.41, 5.74) is 10.8. The SMILES string of the molecule is C.C.C.CB(O)NCCN.CC/C=C\CC(=O)NCCNC(=O)Nc1ccc(O)c(C(=O)O)c1.CC/C=C\CC(=O)O.COC(=O)c1cc(N=C=O)ccc1O.COC(=O)c1cc(NC(=O)NCCN)ccc1O.F.FF.[B][B][B].[HH].[HH]. The van der Waals surface area contributed by atoms with Crippen LogP contribution >= 0.6 is 0 Å². The number of urea groups is 2. The molecule has 80 heavy (non-hydrogen) atoms. The van der Waals surface area contributed by atoms with Crippen LogP contribution in [0.15, 0.2) is 83.9 Å². The molecule has 0 aliphatic heterocycles. The molecule has 447 valence electrons. The van der Waals surface area contributed by atoms with Gasteiger partial charge in [-0.3, -0.25) is 14.3 Å². The van der Waals surface area contributed by atoms with Crippen molar-refractivity contribution < 1.29 is 95.1 Å². The molecule has 0 spiro atoms. The Hall–Kier alpha value is -8.30. The molecule has 0 aliphatic rings. The maximum atomic E-state index is 11.7. The van der Waals surface area contributed by atoms with Crippen LogP contribution in [-0.4, -0.2) is 162 Å². The Morgan fingerprint density at radius 1 is 0.688 bits per heavy atom. The maximum Gasteiger partial charge on any atom is 0.373 e. The average molecular weight is 1140 g/mol. The molecule has 25 nitrogen and oxygen atoms in total. The zero-order chi connectivity index (χ0) is 58.9. The van der Waals surface area contributed by atoms with E-state index >= 15 is 0 Å². The molecular formula is C48H81B4F3N9O16. The Morgan fingerprint density at radius 2 is 1.09 bits per heavy atom. The lowest BCUT2D eigenvalue weighted by Gasteiger charge is -2.09. The predicted molar refractivity (Wildman–Crippen MR) is 311 cm³/mol. The van der Waals surface area contributed by atoms with E-state index in [1.54, 1.807) is 19.0 Å². The van der Waals surface area contributed by atoms with Gasteiger partial charge in [-0.1, -0.05) is 60.4 Å². The normalized spacial score (nSPS) is 8.88. The highest BCUT2D eigenvalue weighted by Gasteiger charge is 2.14. The van der Waals surface area contributed by atoms with Crippen molar-refractivity contribution >= 4 is 94.6 Å². The number of hydrogen-bond acceptors (Lipinski definition) is 18. The second-order valence-corrected chi connectivity index (χ2v) is 13.7. The minimum atomic E-state index is -1.30. The number of esters is 2. The molecule has 3 rings (SSSR count). The number of anilines is 2. The van der Waals surface area contributed by atoms with Gasteiger partial charge in [0.15, 0.2) is 0 Å². The van der Waals surface area contributed by atoms with Gasteiger partial charge in [0, 0.05) is 85.1 Å². The number of ether oxygens (including phenoxy) is 2. The lowest BCUT2D eigenvalue weighted by molar-refractivity contribution is -0.136. The van der Waals surface area contributed by atoms with Gasteiger partial charge in [0.2, 0.25) is 12.0 Å². The van der Waals surface area contributed by atoms with Crippen molar-refractivity contribution in [1.82, 2.24) is 21.2 Å². The Balaban J connectivity index is -0.000000100. The van der Waals surface area contributed by atoms with Crippen molar-refractivity contribution in [2.24, 2.45) is 16.5 Å². The lowest BCUT2D eigenvalue weighted by Crippen LogP contribution is -2.36. The summed E-state index contributed by atoms with van der Waals surface area (Å²) in [6.07, 6.45) is 10.7. The number of hydrogen-bond donors (Lipinski definition) is 14. The number of aromatic carboxylic acids is 1. The van der Waals surface area contributed by atoms with Crippen molar-refractivity contribution in [2.75, 3.05) is 64.1 Å². The zero-order valence-corrected chi connectivity index (χ0v) is 42.9. The first-order valence-electron chi connectivity index (χ1n) is 22.2. The molecule has 0 heterocycles. The molecule has 3 aromatic rings. The van der Waals surface area contributed by atoms with Gasteiger partial charge in [-0.25, -0.2) is 28.8 Å². The van der Waals surface area contributed by atoms with E-state index in [1.807, 2.05) is 26.0 Å². The molecule has 0 aliphatic carbocycles. The lowest BCUT2D eigenvalue weighted by atomic mass is 9.40. The minimum absolute atomic E-state index is 0. The number of carboxylic acids is 2. The van der Waals surface area contributed by atoms with Gasteiger partial charge < -0.3 is 83.3 Å². The highest BCUT2D eigenvalue weighted by molar-refractivity contribution is 7.17. The van der Waals surface area contributed by atoms with E-state index in [0.29, 0.717) is 38.3 Å². The van der Waals surface area contributed by atoms with E-state index in [0.717, 1.165) is 26.0 Å². The topological polar surface area (TPSA) is 413 Å². The highest BCUT2D eigenvalue weighted by Crippen LogP contribution is 2.24. The summed E-state index contributed by atoms with van der Waals surface area (Å²) < 4.78 is 24.9. The number of carbonyl (C=O) groups excluding carboxylic acids is 6. The summed E-state index contributed by atoms with van der Waals surface area (Å²) in [6, 6.07) is 10.7. The fraction of sp³-hybridized carbons (Fsp3) is 0.375. The standard InChI is InChI=1S/C16H21N3O5.C11H15N3O4.C9H7NO4.C6H10O2.C3H11BN2O.3CH4.B3.F2.FH.2H2/c1-2-3-4-5-14(21)17-8-9-18-16(24)19-11-6-7-13(20)12(10-11)15(22)23;1-18-10(16)8-6-7(2-3-9(8)15)14-11(17)13-5-4-12;1-14-9(13)7-4-6(10-5-11)2-3-8(7)12;1-2-3-4-5-6(7)8;1-4(7)6-3-2-5;;;;1-3-2;1-2;;;/h3-4,6-7,10,20H,2,5,8-9H2,1H3,(H,17,21)(H,22,23)(H2,18,19,24);2-3,6,15H,4-5,12H2,1H3,(H2,13,14,17);2-4,12H,1H3;3-4H,2,5H2,1H3,(H,7,8);6-7H,2-3,5H2,1H3;3*1H4;;;3*1H/b4-3-;;;4-3-;;;;;;;;;. The first-order valence-corrected chi connectivity index (χ1v) is 22.2. The number of phenolic OH excluding ortho intramolecular Hbond substituents is 2. The molecule has 0 aromatic heterocycles. The number of methoxy groups -OCH3 is 2. The molecule has 3 aromatic carbocycles. The van der Waals surface area contributed by atoms with Crippen LogP contribution in [0.3, 0.4) is 0 Å². The van der Waals surface area contributed by atoms with Crippen LogP contribution in [0.5, 0.6) is 17.2 Å². The number of carbonyl (C=O) groups is 7. The first kappa shape index (κ1) is 88.3. The number of nitrogens with two attached hydrogens (primary N) is 2. The first-order chi connectivity index (χ1) is 36.2. The quantitative estimate of drug-likeness (QED) is 0.0128. The average Bonchev–Trinajstić information content (AvgIpc) is 3.39. The van der Waals surface area contributed by atoms with E-state index in [1.165, 1.54) is 68.8 Å². The van der Waals surface area contributed by atoms with E-state index in [4.69, 9.17) is 35.9 Å². The molecule has 0 saturated carbocycles. The number of aliphatic carboxylic acids is 1. The number of nitrogens with one attached hydrogen (secondary N) is 6. The summed E-state index contributed by atoms with van der Waals surface area (Å²) >= 11 is 0. The molecule has 5 amide bonds. The van der Waals surface area contributed by atoms with Crippen LogP contribution in [0.25, 0.3) is 0 Å². The van der Waals surface area contributed by atoms with Crippen molar-refractivity contribution in [2.45, 2.75) is 68.6 Å². The summed E-state index contributed by atoms with van der Waals surface area (Å²) in [4.78, 5) is 90.8. The fourth-order valence-corrected chi connectivity index (χ4v) is 4.58. The second kappa shape index (κ2) is 58.4. The number of aliphatic imine (C=N–C) groups is 1. The van der Waals surface area contributed by atoms with Crippen LogP contribution in [-0.2, 0) is 23.9 Å². The van der Waals surface area contributed by atoms with E-state index in [-0.39, 0.29) is 101 Å². The number of amides is 5. The van der Waals surface area contributed by atoms with Gasteiger partial charge in [0.1, 0.15) is 33.9 Å². The van der Waals surface area contributed by atoms with Crippen LogP contribution in [0, 0.1) is 0 Å². The van der Waals surface area contributed by atoms with Crippen LogP contribution in [0.2, 0.25) is 6.82 Å². The molecule has 0 atom stereocenters. The van der Waals surface area contributed by atoms with Crippen molar-refractivity contribution in [3.8, 4) is 17.2 Å². The molecule has 0 unspecified atom stereocenters. The zero-order valence-electron chi connectivity index (χ0n) is 42.9. The third-order valence-electron chi connectivity index (χ3n) is 7.85. The molecule has 5 radical (unpaired) electrons. The van der Waals surface area contributed by atoms with Crippen molar-refractivity contribution in [1.29, 1.82) is 0 Å². The molecule has 32 heteroatoms. The third-order valence-corrected chi connectivity index (χ3v) is 7.85. The highest BCUT2D eigenvalue weighted by atomic mass is 20.0. The van der Waals surface area contributed by atoms with Gasteiger partial charge in [-0.15, -0.1) is 0 Å². The van der Waals surface area contributed by atoms with Crippen molar-refractivity contribution in [3.63, 3.8) is 0 Å². The van der Waals surface area contributed by atoms with E-state index < -0.39 is 43.0 Å². The van der Waals surface area contributed by atoms with E-state index in [2.05, 4.69) is 61.8 Å². The Bertz CT molecular complexity index is 2320. The predicted octanol–water partition coefficient (Wildman–Crippen LogP) is 5.41. The molecule has 0 fully saturated rings. The Morgan fingerprint density at radius 3 is 1.48 bits per heavy atom. The number of phenols is 3. The summed E-state index contributed by atoms with van der Waals surface area (Å²) in [6.45, 7) is 8.03. The number of rotatable bonds is 20. The van der Waals surface area contributed by atoms with Gasteiger partial charge in [-0.05, 0) is 80.8 Å². The number of isocyanates is 1. The Labute approximate surface area is 471 Å². The summed E-state index contributed by atoms with van der Waals surface area (Å²) in [5, 5.41) is 69.0. The molecule has 0 saturated heterocycles. The number of carboxylic acid groups (broad SMARTS) is 2. The smallest absolute Gasteiger partial charge is 0.373 e. The summed E-state index contributed by atoms with van der Waals surface area (Å²) in [7, 11) is 12.0. The largest absolute Gasteiger partial charge is 0.507 e. The number of benzene rings is 3. The van der Waals surface area contributed by atoms with Gasteiger partial charge in [0.05, 0.1) is 26.3 Å². The van der Waals surface area contributed by atoms with Crippen LogP contribution in [0.4, 0.5) is 40.5 Å². The van der Waals surface area contributed by atoms with Gasteiger partial charge in [-0.2, -0.15) is 4.99 Å². The number of aromatic hydroxyl groups is 3.